The van der Waals surface area contributed by atoms with E-state index in [4.69, 9.17) is 0 Å². The van der Waals surface area contributed by atoms with Crippen molar-refractivity contribution in [2.75, 3.05) is 20.1 Å². The summed E-state index contributed by atoms with van der Waals surface area (Å²) in [5, 5.41) is 5.79. The van der Waals surface area contributed by atoms with E-state index in [0.717, 1.165) is 17.2 Å². The predicted octanol–water partition coefficient (Wildman–Crippen LogP) is 2.11. The second kappa shape index (κ2) is 8.63. The second-order valence-electron chi connectivity index (χ2n) is 7.04. The summed E-state index contributed by atoms with van der Waals surface area (Å²) in [4.78, 5) is 33.4. The van der Waals surface area contributed by atoms with Crippen molar-refractivity contribution >= 4 is 23.2 Å². The monoisotopic (exact) mass is 386 g/mol. The summed E-state index contributed by atoms with van der Waals surface area (Å²) >= 11 is 1.55. The van der Waals surface area contributed by atoms with Gasteiger partial charge in [0.1, 0.15) is 5.01 Å². The summed E-state index contributed by atoms with van der Waals surface area (Å²) in [6.07, 6.45) is 0.179. The molecular formula is C20H26N4O2S. The first kappa shape index (κ1) is 19.5. The molecule has 1 saturated heterocycles. The molecule has 1 aliphatic rings. The number of carbonyl (C=O) groups is 2. The van der Waals surface area contributed by atoms with Crippen LogP contribution in [0.4, 0.5) is 0 Å². The van der Waals surface area contributed by atoms with Gasteiger partial charge in [0.05, 0.1) is 19.0 Å². The smallest absolute Gasteiger partial charge is 0.237 e. The highest BCUT2D eigenvalue weighted by atomic mass is 32.1. The molecule has 1 aliphatic heterocycles. The minimum Gasteiger partial charge on any atom is -0.353 e. The Morgan fingerprint density at radius 2 is 2.15 bits per heavy atom. The van der Waals surface area contributed by atoms with E-state index in [1.807, 2.05) is 24.4 Å². The van der Waals surface area contributed by atoms with Gasteiger partial charge < -0.3 is 10.2 Å². The maximum absolute atomic E-state index is 12.7. The number of piperazine rings is 1. The molecule has 1 aromatic carbocycles. The van der Waals surface area contributed by atoms with Gasteiger partial charge in [-0.25, -0.2) is 4.98 Å². The number of aryl methyl sites for hydroxylation is 2. The van der Waals surface area contributed by atoms with Crippen LogP contribution in [-0.2, 0) is 22.7 Å². The van der Waals surface area contributed by atoms with Gasteiger partial charge in [-0.1, -0.05) is 24.3 Å². The van der Waals surface area contributed by atoms with Crippen molar-refractivity contribution in [1.82, 2.24) is 20.1 Å². The van der Waals surface area contributed by atoms with E-state index < -0.39 is 6.04 Å². The van der Waals surface area contributed by atoms with E-state index in [9.17, 15) is 9.59 Å². The summed E-state index contributed by atoms with van der Waals surface area (Å²) in [5.74, 6) is -0.110. The lowest BCUT2D eigenvalue weighted by atomic mass is 10.0. The van der Waals surface area contributed by atoms with Gasteiger partial charge in [0.25, 0.3) is 0 Å². The molecule has 2 aromatic rings. The predicted molar refractivity (Wildman–Crippen MR) is 106 cm³/mol. The van der Waals surface area contributed by atoms with Gasteiger partial charge in [0, 0.05) is 37.8 Å². The third-order valence-electron chi connectivity index (χ3n) is 4.91. The molecule has 1 atom stereocenters. The standard InChI is InChI=1S/C20H26N4O2S/c1-14-6-4-5-7-16(14)11-24-9-8-21-20(26)17(24)10-19(25)23(3)12-18-22-15(2)13-27-18/h4-7,13,17H,8-12H2,1-3H3,(H,21,26). The number of hydrogen-bond acceptors (Lipinski definition) is 5. The molecule has 1 N–H and O–H groups in total. The number of benzene rings is 1. The molecule has 144 valence electrons. The number of nitrogens with one attached hydrogen (secondary N) is 1. The highest BCUT2D eigenvalue weighted by Crippen LogP contribution is 2.18. The van der Waals surface area contributed by atoms with Gasteiger partial charge >= 0.3 is 0 Å². The van der Waals surface area contributed by atoms with Crippen molar-refractivity contribution in [2.24, 2.45) is 0 Å². The van der Waals surface area contributed by atoms with Gasteiger partial charge in [-0.3, -0.25) is 14.5 Å². The van der Waals surface area contributed by atoms with Gasteiger partial charge in [-0.15, -0.1) is 11.3 Å². The number of rotatable bonds is 6. The minimum atomic E-state index is -0.439. The first-order chi connectivity index (χ1) is 12.9. The lowest BCUT2D eigenvalue weighted by Crippen LogP contribution is -2.56. The lowest BCUT2D eigenvalue weighted by molar-refractivity contribution is -0.138. The van der Waals surface area contributed by atoms with Crippen LogP contribution < -0.4 is 5.32 Å². The van der Waals surface area contributed by atoms with Crippen LogP contribution in [0.5, 0.6) is 0 Å². The fourth-order valence-corrected chi connectivity index (χ4v) is 4.09. The molecule has 1 unspecified atom stereocenters. The molecule has 1 fully saturated rings. The van der Waals surface area contributed by atoms with Crippen molar-refractivity contribution in [1.29, 1.82) is 0 Å². The SMILES string of the molecule is Cc1csc(CN(C)C(=O)CC2C(=O)NCCN2Cc2ccccc2C)n1. The quantitative estimate of drug-likeness (QED) is 0.826. The first-order valence-electron chi connectivity index (χ1n) is 9.15. The van der Waals surface area contributed by atoms with Crippen LogP contribution in [-0.4, -0.2) is 52.8 Å². The van der Waals surface area contributed by atoms with Crippen LogP contribution in [0.3, 0.4) is 0 Å². The minimum absolute atomic E-state index is 0.0420. The van der Waals surface area contributed by atoms with Crippen LogP contribution in [0, 0.1) is 13.8 Å². The average molecular weight is 387 g/mol. The average Bonchev–Trinajstić information content (AvgIpc) is 3.04. The maximum atomic E-state index is 12.7. The maximum Gasteiger partial charge on any atom is 0.237 e. The molecule has 0 aliphatic carbocycles. The second-order valence-corrected chi connectivity index (χ2v) is 7.98. The van der Waals surface area contributed by atoms with Crippen molar-refractivity contribution in [3.8, 4) is 0 Å². The van der Waals surface area contributed by atoms with Crippen LogP contribution in [0.15, 0.2) is 29.6 Å². The van der Waals surface area contributed by atoms with Crippen LogP contribution in [0.1, 0.15) is 28.2 Å². The van der Waals surface area contributed by atoms with E-state index in [1.165, 1.54) is 11.1 Å². The number of aromatic nitrogens is 1. The molecule has 0 bridgehead atoms. The Balaban J connectivity index is 1.66. The Bertz CT molecular complexity index is 820. The summed E-state index contributed by atoms with van der Waals surface area (Å²) in [5.41, 5.74) is 3.35. The van der Waals surface area contributed by atoms with E-state index in [0.29, 0.717) is 19.6 Å². The zero-order chi connectivity index (χ0) is 19.4. The molecule has 0 spiro atoms. The molecule has 2 amide bonds. The Morgan fingerprint density at radius 3 is 2.85 bits per heavy atom. The number of amides is 2. The summed E-state index contributed by atoms with van der Waals surface area (Å²) in [6, 6.07) is 7.74. The van der Waals surface area contributed by atoms with Crippen molar-refractivity contribution in [3.63, 3.8) is 0 Å². The third kappa shape index (κ3) is 4.93. The number of carbonyl (C=O) groups excluding carboxylic acids is 2. The van der Waals surface area contributed by atoms with Gasteiger partial charge in [0.15, 0.2) is 0 Å². The largest absolute Gasteiger partial charge is 0.353 e. The zero-order valence-electron chi connectivity index (χ0n) is 16.1. The fraction of sp³-hybridized carbons (Fsp3) is 0.450. The van der Waals surface area contributed by atoms with Gasteiger partial charge in [-0.2, -0.15) is 0 Å². The van der Waals surface area contributed by atoms with E-state index in [-0.39, 0.29) is 18.2 Å². The summed E-state index contributed by atoms with van der Waals surface area (Å²) in [7, 11) is 1.77. The van der Waals surface area contributed by atoms with Crippen LogP contribution in [0.2, 0.25) is 0 Å². The molecule has 2 heterocycles. The molecule has 1 aromatic heterocycles. The van der Waals surface area contributed by atoms with Gasteiger partial charge in [-0.05, 0) is 25.0 Å². The van der Waals surface area contributed by atoms with Gasteiger partial charge in [0.2, 0.25) is 11.8 Å². The normalized spacial score (nSPS) is 17.6. The van der Waals surface area contributed by atoms with Crippen molar-refractivity contribution < 1.29 is 9.59 Å². The van der Waals surface area contributed by atoms with E-state index in [1.54, 1.807) is 23.3 Å². The van der Waals surface area contributed by atoms with Crippen LogP contribution in [0.25, 0.3) is 0 Å². The van der Waals surface area contributed by atoms with E-state index >= 15 is 0 Å². The van der Waals surface area contributed by atoms with Crippen molar-refractivity contribution in [3.05, 3.63) is 51.5 Å². The molecule has 6 nitrogen and oxygen atoms in total. The fourth-order valence-electron chi connectivity index (χ4n) is 3.27. The molecule has 0 saturated carbocycles. The lowest BCUT2D eigenvalue weighted by Gasteiger charge is -2.35. The molecule has 3 rings (SSSR count). The number of thiazole rings is 1. The van der Waals surface area contributed by atoms with E-state index in [2.05, 4.69) is 34.3 Å². The molecule has 7 heteroatoms. The summed E-state index contributed by atoms with van der Waals surface area (Å²) in [6.45, 7) is 6.52. The van der Waals surface area contributed by atoms with Crippen LogP contribution >= 0.6 is 11.3 Å². The number of hydrogen-bond donors (Lipinski definition) is 1. The molecule has 27 heavy (non-hydrogen) atoms. The Labute approximate surface area is 164 Å². The Morgan fingerprint density at radius 1 is 1.37 bits per heavy atom. The topological polar surface area (TPSA) is 65.5 Å². The van der Waals surface area contributed by atoms with Crippen molar-refractivity contribution in [2.45, 2.75) is 39.4 Å². The third-order valence-corrected chi connectivity index (χ3v) is 5.86. The highest BCUT2D eigenvalue weighted by Gasteiger charge is 2.32. The highest BCUT2D eigenvalue weighted by molar-refractivity contribution is 7.09. The Kier molecular flexibility index (Phi) is 6.23. The first-order valence-corrected chi connectivity index (χ1v) is 10.0. The Hall–Kier alpha value is -2.25. The number of nitrogens with zero attached hydrogens (tertiary/aromatic N) is 3. The summed E-state index contributed by atoms with van der Waals surface area (Å²) < 4.78 is 0. The zero-order valence-corrected chi connectivity index (χ0v) is 16.9. The molecule has 0 radical (unpaired) electrons. The molecular weight excluding hydrogens is 360 g/mol.